The molecule has 1 aromatic rings. The van der Waals surface area contributed by atoms with E-state index in [2.05, 4.69) is 24.0 Å². The summed E-state index contributed by atoms with van der Waals surface area (Å²) in [6.45, 7) is 6.90. The first-order valence-electron chi connectivity index (χ1n) is 12.9. The average Bonchev–Trinajstić information content (AvgIpc) is 2.82. The smallest absolute Gasteiger partial charge is 0.199 e. The van der Waals surface area contributed by atoms with Crippen molar-refractivity contribution in [3.05, 3.63) is 29.8 Å². The van der Waals surface area contributed by atoms with Crippen molar-refractivity contribution in [3.63, 3.8) is 0 Å². The number of hydrogen-bond donors (Lipinski definition) is 4. The fraction of sp³-hybridized carbons (Fsp3) is 0.769. The predicted molar refractivity (Wildman–Crippen MR) is 133 cm³/mol. The minimum Gasteiger partial charge on any atom is -0.492 e. The summed E-state index contributed by atoms with van der Waals surface area (Å²) < 4.78 is 16.6. The molecule has 8 heteroatoms. The fourth-order valence-corrected chi connectivity index (χ4v) is 4.21. The second-order valence-corrected chi connectivity index (χ2v) is 9.26. The second kappa shape index (κ2) is 15.7. The lowest BCUT2D eigenvalue weighted by atomic mass is 10.00. The highest BCUT2D eigenvalue weighted by atomic mass is 16.8. The molecule has 8 nitrogen and oxygen atoms in total. The Labute approximate surface area is 205 Å². The van der Waals surface area contributed by atoms with Gasteiger partial charge in [-0.2, -0.15) is 0 Å². The molecule has 1 heterocycles. The van der Waals surface area contributed by atoms with Crippen LogP contribution in [0.1, 0.15) is 64.4 Å². The first-order valence-corrected chi connectivity index (χ1v) is 12.9. The van der Waals surface area contributed by atoms with Gasteiger partial charge in [0.1, 0.15) is 18.5 Å². The van der Waals surface area contributed by atoms with Crippen molar-refractivity contribution in [1.82, 2.24) is 4.90 Å². The van der Waals surface area contributed by atoms with Gasteiger partial charge in [0.2, 0.25) is 0 Å². The molecule has 34 heavy (non-hydrogen) atoms. The van der Waals surface area contributed by atoms with Crippen LogP contribution in [-0.4, -0.2) is 83.9 Å². The van der Waals surface area contributed by atoms with Gasteiger partial charge < -0.3 is 35.3 Å². The monoisotopic (exact) mass is 482 g/mol. The van der Waals surface area contributed by atoms with E-state index in [0.29, 0.717) is 13.2 Å². The van der Waals surface area contributed by atoms with E-state index in [4.69, 9.17) is 19.9 Å². The summed E-state index contributed by atoms with van der Waals surface area (Å²) >= 11 is 0. The number of nitrogens with zero attached hydrogens (tertiary/aromatic N) is 1. The molecule has 0 aliphatic carbocycles. The number of nitrogens with two attached hydrogens (primary N) is 1. The van der Waals surface area contributed by atoms with Gasteiger partial charge in [-0.25, -0.2) is 0 Å². The predicted octanol–water partition coefficient (Wildman–Crippen LogP) is 2.42. The number of hydrogen-bond acceptors (Lipinski definition) is 8. The SMILES string of the molecule is CCCCCCN(CCOc1ccc(CCCCN)cc1)C[C@H](O)[C@@H](O)[C@@]1(O)CCO[C@H](C)O1. The largest absolute Gasteiger partial charge is 0.492 e. The number of rotatable bonds is 17. The highest BCUT2D eigenvalue weighted by Gasteiger charge is 2.45. The van der Waals surface area contributed by atoms with Crippen molar-refractivity contribution in [2.24, 2.45) is 5.73 Å². The van der Waals surface area contributed by atoms with Crippen molar-refractivity contribution in [1.29, 1.82) is 0 Å². The maximum absolute atomic E-state index is 10.7. The number of aliphatic hydroxyl groups is 3. The summed E-state index contributed by atoms with van der Waals surface area (Å²) in [6.07, 6.45) is 4.45. The third-order valence-corrected chi connectivity index (χ3v) is 6.30. The zero-order valence-electron chi connectivity index (χ0n) is 21.0. The van der Waals surface area contributed by atoms with E-state index < -0.39 is 24.3 Å². The van der Waals surface area contributed by atoms with Crippen LogP contribution >= 0.6 is 0 Å². The van der Waals surface area contributed by atoms with Crippen LogP contribution < -0.4 is 10.5 Å². The summed E-state index contributed by atoms with van der Waals surface area (Å²) in [5, 5.41) is 32.0. The normalized spacial score (nSPS) is 22.6. The molecule has 2 rings (SSSR count). The molecule has 0 amide bonds. The molecule has 5 N–H and O–H groups in total. The van der Waals surface area contributed by atoms with Gasteiger partial charge in [0.15, 0.2) is 12.1 Å². The Morgan fingerprint density at radius 1 is 1.12 bits per heavy atom. The first kappa shape index (κ1) is 29.0. The van der Waals surface area contributed by atoms with Crippen LogP contribution in [0.15, 0.2) is 24.3 Å². The third kappa shape index (κ3) is 10.2. The van der Waals surface area contributed by atoms with Crippen molar-refractivity contribution >= 4 is 0 Å². The van der Waals surface area contributed by atoms with Crippen molar-refractivity contribution < 1.29 is 29.5 Å². The molecule has 0 saturated carbocycles. The summed E-state index contributed by atoms with van der Waals surface area (Å²) in [6, 6.07) is 8.15. The molecule has 1 fully saturated rings. The van der Waals surface area contributed by atoms with Crippen LogP contribution in [0.4, 0.5) is 0 Å². The number of ether oxygens (including phenoxy) is 3. The molecule has 1 aliphatic heterocycles. The van der Waals surface area contributed by atoms with Crippen LogP contribution in [0.5, 0.6) is 5.75 Å². The minimum atomic E-state index is -1.81. The topological polar surface area (TPSA) is 118 Å². The molecule has 1 aromatic carbocycles. The molecule has 196 valence electrons. The van der Waals surface area contributed by atoms with Gasteiger partial charge in [-0.1, -0.05) is 38.3 Å². The summed E-state index contributed by atoms with van der Waals surface area (Å²) in [5.41, 5.74) is 6.84. The van der Waals surface area contributed by atoms with Crippen molar-refractivity contribution in [3.8, 4) is 5.75 Å². The van der Waals surface area contributed by atoms with E-state index in [1.165, 1.54) is 12.0 Å². The molecular weight excluding hydrogens is 436 g/mol. The highest BCUT2D eigenvalue weighted by Crippen LogP contribution is 2.27. The third-order valence-electron chi connectivity index (χ3n) is 6.30. The van der Waals surface area contributed by atoms with Gasteiger partial charge in [-0.15, -0.1) is 0 Å². The number of unbranched alkanes of at least 4 members (excludes halogenated alkanes) is 4. The number of aliphatic hydroxyl groups excluding tert-OH is 2. The molecule has 1 aliphatic rings. The molecule has 0 radical (unpaired) electrons. The Kier molecular flexibility index (Phi) is 13.4. The van der Waals surface area contributed by atoms with Crippen LogP contribution in [0.25, 0.3) is 0 Å². The van der Waals surface area contributed by atoms with E-state index in [9.17, 15) is 15.3 Å². The van der Waals surface area contributed by atoms with Gasteiger partial charge in [-0.05, 0) is 63.4 Å². The van der Waals surface area contributed by atoms with E-state index in [1.54, 1.807) is 6.92 Å². The van der Waals surface area contributed by atoms with Crippen LogP contribution in [0, 0.1) is 0 Å². The quantitative estimate of drug-likeness (QED) is 0.250. The van der Waals surface area contributed by atoms with Gasteiger partial charge in [0.05, 0.1) is 12.7 Å². The first-order chi connectivity index (χ1) is 16.4. The van der Waals surface area contributed by atoms with E-state index >= 15 is 0 Å². The van der Waals surface area contributed by atoms with Crippen LogP contribution in [0.2, 0.25) is 0 Å². The maximum Gasteiger partial charge on any atom is 0.199 e. The van der Waals surface area contributed by atoms with Gasteiger partial charge in [0.25, 0.3) is 0 Å². The summed E-state index contributed by atoms with van der Waals surface area (Å²) in [4.78, 5) is 2.08. The highest BCUT2D eigenvalue weighted by molar-refractivity contribution is 5.27. The molecular formula is C26H46N2O6. The average molecular weight is 483 g/mol. The van der Waals surface area contributed by atoms with Crippen LogP contribution in [-0.2, 0) is 15.9 Å². The Morgan fingerprint density at radius 3 is 2.56 bits per heavy atom. The number of benzene rings is 1. The van der Waals surface area contributed by atoms with Crippen molar-refractivity contribution in [2.45, 2.75) is 89.5 Å². The molecule has 0 aromatic heterocycles. The maximum atomic E-state index is 10.7. The zero-order chi connectivity index (χ0) is 24.8. The Balaban J connectivity index is 1.86. The Bertz CT molecular complexity index is 661. The minimum absolute atomic E-state index is 0.109. The lowest BCUT2D eigenvalue weighted by Gasteiger charge is -2.41. The Hall–Kier alpha value is -1.26. The number of aryl methyl sites for hydroxylation is 1. The van der Waals surface area contributed by atoms with E-state index in [0.717, 1.165) is 57.4 Å². The lowest BCUT2D eigenvalue weighted by Crippen LogP contribution is -2.57. The van der Waals surface area contributed by atoms with Gasteiger partial charge in [-0.3, -0.25) is 4.90 Å². The lowest BCUT2D eigenvalue weighted by molar-refractivity contribution is -0.363. The summed E-state index contributed by atoms with van der Waals surface area (Å²) in [5.74, 6) is -0.999. The molecule has 4 atom stereocenters. The van der Waals surface area contributed by atoms with Crippen molar-refractivity contribution in [2.75, 3.05) is 39.4 Å². The van der Waals surface area contributed by atoms with E-state index in [-0.39, 0.29) is 19.6 Å². The molecule has 0 bridgehead atoms. The Morgan fingerprint density at radius 2 is 1.88 bits per heavy atom. The van der Waals surface area contributed by atoms with Crippen LogP contribution in [0.3, 0.4) is 0 Å². The molecule has 0 unspecified atom stereocenters. The summed E-state index contributed by atoms with van der Waals surface area (Å²) in [7, 11) is 0. The standard InChI is InChI=1S/C26H46N2O6/c1-3-4-5-8-16-28(20-24(29)25(30)26(31)14-18-32-21(2)34-26)17-19-33-23-12-10-22(11-13-23)9-6-7-15-27/h10-13,21,24-25,29-31H,3-9,14-20,27H2,1-2H3/t21-,24-,25+,26+/m0/s1. The molecule has 1 saturated heterocycles. The molecule has 0 spiro atoms. The van der Waals surface area contributed by atoms with Gasteiger partial charge in [0, 0.05) is 19.5 Å². The zero-order valence-corrected chi connectivity index (χ0v) is 21.0. The fourth-order valence-electron chi connectivity index (χ4n) is 4.21. The van der Waals surface area contributed by atoms with E-state index in [1.807, 2.05) is 12.1 Å². The second-order valence-electron chi connectivity index (χ2n) is 9.26. The van der Waals surface area contributed by atoms with Gasteiger partial charge >= 0.3 is 0 Å².